The second kappa shape index (κ2) is 8.25. The van der Waals surface area contributed by atoms with Crippen LogP contribution in [0.2, 0.25) is 0 Å². The van der Waals surface area contributed by atoms with E-state index in [1.165, 1.54) is 0 Å². The molecule has 0 saturated heterocycles. The van der Waals surface area contributed by atoms with Gasteiger partial charge in [-0.05, 0) is 35.4 Å². The van der Waals surface area contributed by atoms with Crippen LogP contribution in [0.1, 0.15) is 21.6 Å². The van der Waals surface area contributed by atoms with Gasteiger partial charge in [0.15, 0.2) is 11.5 Å². The number of nitrogens with zero attached hydrogens (tertiary/aromatic N) is 1. The van der Waals surface area contributed by atoms with Crippen LogP contribution < -0.4 is 14.8 Å². The lowest BCUT2D eigenvalue weighted by atomic mass is 10.2. The quantitative estimate of drug-likeness (QED) is 0.709. The van der Waals surface area contributed by atoms with Crippen LogP contribution in [0.3, 0.4) is 0 Å². The Kier molecular flexibility index (Phi) is 5.59. The van der Waals surface area contributed by atoms with Gasteiger partial charge >= 0.3 is 0 Å². The van der Waals surface area contributed by atoms with E-state index in [2.05, 4.69) is 5.32 Å². The van der Waals surface area contributed by atoms with Crippen molar-refractivity contribution in [3.05, 3.63) is 83.7 Å². The number of rotatable bonds is 7. The Morgan fingerprint density at radius 3 is 2.50 bits per heavy atom. The molecule has 1 amide bonds. The fourth-order valence-corrected chi connectivity index (χ4v) is 2.65. The van der Waals surface area contributed by atoms with E-state index in [1.54, 1.807) is 17.7 Å². The molecule has 0 radical (unpaired) electrons. The van der Waals surface area contributed by atoms with E-state index < -0.39 is 0 Å². The molecule has 0 unspecified atom stereocenters. The SMILES string of the molecule is COc1cc(CNC(=O)c2cccn2C)ccc1OCc1ccccc1. The summed E-state index contributed by atoms with van der Waals surface area (Å²) in [5.74, 6) is 1.21. The number of ether oxygens (including phenoxy) is 2. The van der Waals surface area contributed by atoms with Crippen molar-refractivity contribution in [1.29, 1.82) is 0 Å². The number of carbonyl (C=O) groups excluding carboxylic acids is 1. The average Bonchev–Trinajstić information content (AvgIpc) is 3.11. The van der Waals surface area contributed by atoms with Gasteiger partial charge in [0.2, 0.25) is 0 Å². The van der Waals surface area contributed by atoms with Crippen molar-refractivity contribution in [2.75, 3.05) is 7.11 Å². The highest BCUT2D eigenvalue weighted by atomic mass is 16.5. The summed E-state index contributed by atoms with van der Waals surface area (Å²) in [5, 5.41) is 2.91. The molecule has 0 aliphatic carbocycles. The van der Waals surface area contributed by atoms with E-state index in [4.69, 9.17) is 9.47 Å². The van der Waals surface area contributed by atoms with Crippen LogP contribution in [-0.4, -0.2) is 17.6 Å². The molecule has 0 aliphatic rings. The van der Waals surface area contributed by atoms with Crippen molar-refractivity contribution in [2.24, 2.45) is 7.05 Å². The molecule has 0 saturated carbocycles. The van der Waals surface area contributed by atoms with Gasteiger partial charge in [-0.3, -0.25) is 4.79 Å². The molecule has 3 rings (SSSR count). The van der Waals surface area contributed by atoms with Crippen molar-refractivity contribution in [3.63, 3.8) is 0 Å². The van der Waals surface area contributed by atoms with E-state index in [-0.39, 0.29) is 5.91 Å². The maximum atomic E-state index is 12.2. The Morgan fingerprint density at radius 1 is 1.00 bits per heavy atom. The molecule has 5 nitrogen and oxygen atoms in total. The molecule has 0 bridgehead atoms. The van der Waals surface area contributed by atoms with Gasteiger partial charge in [0.25, 0.3) is 5.91 Å². The maximum Gasteiger partial charge on any atom is 0.268 e. The van der Waals surface area contributed by atoms with E-state index in [9.17, 15) is 4.79 Å². The number of amides is 1. The maximum absolute atomic E-state index is 12.2. The van der Waals surface area contributed by atoms with Crippen LogP contribution in [0.5, 0.6) is 11.5 Å². The van der Waals surface area contributed by atoms with Crippen molar-refractivity contribution >= 4 is 5.91 Å². The molecule has 26 heavy (non-hydrogen) atoms. The fraction of sp³-hybridized carbons (Fsp3) is 0.190. The lowest BCUT2D eigenvalue weighted by Gasteiger charge is -2.13. The summed E-state index contributed by atoms with van der Waals surface area (Å²) in [5.41, 5.74) is 2.66. The third-order valence-electron chi connectivity index (χ3n) is 4.09. The van der Waals surface area contributed by atoms with Crippen LogP contribution in [0, 0.1) is 0 Å². The molecule has 5 heteroatoms. The van der Waals surface area contributed by atoms with Gasteiger partial charge in [-0.15, -0.1) is 0 Å². The zero-order chi connectivity index (χ0) is 18.4. The Hall–Kier alpha value is -3.21. The molecule has 1 aromatic heterocycles. The predicted molar refractivity (Wildman–Crippen MR) is 100 cm³/mol. The molecule has 2 aromatic carbocycles. The van der Waals surface area contributed by atoms with Gasteiger partial charge in [0, 0.05) is 19.8 Å². The zero-order valence-electron chi connectivity index (χ0n) is 14.9. The van der Waals surface area contributed by atoms with Gasteiger partial charge in [-0.25, -0.2) is 0 Å². The topological polar surface area (TPSA) is 52.5 Å². The summed E-state index contributed by atoms with van der Waals surface area (Å²) < 4.78 is 13.1. The largest absolute Gasteiger partial charge is 0.493 e. The molecule has 3 aromatic rings. The van der Waals surface area contributed by atoms with Gasteiger partial charge in [0.1, 0.15) is 12.3 Å². The van der Waals surface area contributed by atoms with Crippen molar-refractivity contribution in [2.45, 2.75) is 13.2 Å². The summed E-state index contributed by atoms with van der Waals surface area (Å²) in [6.07, 6.45) is 1.84. The number of aromatic nitrogens is 1. The summed E-state index contributed by atoms with van der Waals surface area (Å²) in [4.78, 5) is 12.2. The zero-order valence-corrected chi connectivity index (χ0v) is 14.9. The number of nitrogens with one attached hydrogen (secondary N) is 1. The van der Waals surface area contributed by atoms with Crippen LogP contribution >= 0.6 is 0 Å². The molecule has 1 heterocycles. The molecule has 134 valence electrons. The molecule has 0 fully saturated rings. The van der Waals surface area contributed by atoms with E-state index in [1.807, 2.05) is 67.8 Å². The smallest absolute Gasteiger partial charge is 0.268 e. The predicted octanol–water partition coefficient (Wildman–Crippen LogP) is 3.54. The van der Waals surface area contributed by atoms with Crippen molar-refractivity contribution in [1.82, 2.24) is 9.88 Å². The molecule has 0 atom stereocenters. The Balaban J connectivity index is 1.62. The van der Waals surface area contributed by atoms with E-state index >= 15 is 0 Å². The monoisotopic (exact) mass is 350 g/mol. The van der Waals surface area contributed by atoms with Crippen molar-refractivity contribution in [3.8, 4) is 11.5 Å². The summed E-state index contributed by atoms with van der Waals surface area (Å²) in [6.45, 7) is 0.889. The first-order valence-corrected chi connectivity index (χ1v) is 8.40. The van der Waals surface area contributed by atoms with E-state index in [0.717, 1.165) is 11.1 Å². The Bertz CT molecular complexity index is 872. The van der Waals surface area contributed by atoms with Crippen LogP contribution in [0.15, 0.2) is 66.9 Å². The number of aryl methyl sites for hydroxylation is 1. The number of benzene rings is 2. The molecule has 0 aliphatic heterocycles. The minimum absolute atomic E-state index is 0.110. The Morgan fingerprint density at radius 2 is 1.81 bits per heavy atom. The number of hydrogen-bond acceptors (Lipinski definition) is 3. The van der Waals surface area contributed by atoms with Crippen LogP contribution in [-0.2, 0) is 20.2 Å². The number of methoxy groups -OCH3 is 1. The lowest BCUT2D eigenvalue weighted by Crippen LogP contribution is -2.24. The molecular formula is C21H22N2O3. The van der Waals surface area contributed by atoms with Gasteiger partial charge in [0.05, 0.1) is 7.11 Å². The van der Waals surface area contributed by atoms with Crippen LogP contribution in [0.25, 0.3) is 0 Å². The highest BCUT2D eigenvalue weighted by molar-refractivity contribution is 5.92. The van der Waals surface area contributed by atoms with Gasteiger partial charge < -0.3 is 19.4 Å². The summed E-state index contributed by atoms with van der Waals surface area (Å²) in [6, 6.07) is 19.3. The summed E-state index contributed by atoms with van der Waals surface area (Å²) in [7, 11) is 3.45. The fourth-order valence-electron chi connectivity index (χ4n) is 2.65. The normalized spacial score (nSPS) is 10.4. The van der Waals surface area contributed by atoms with Gasteiger partial charge in [-0.1, -0.05) is 36.4 Å². The van der Waals surface area contributed by atoms with Crippen molar-refractivity contribution < 1.29 is 14.3 Å². The third kappa shape index (κ3) is 4.25. The summed E-state index contributed by atoms with van der Waals surface area (Å²) >= 11 is 0. The highest BCUT2D eigenvalue weighted by Gasteiger charge is 2.10. The van der Waals surface area contributed by atoms with Crippen LogP contribution in [0.4, 0.5) is 0 Å². The third-order valence-corrected chi connectivity index (χ3v) is 4.09. The minimum Gasteiger partial charge on any atom is -0.493 e. The molecule has 1 N–H and O–H groups in total. The number of hydrogen-bond donors (Lipinski definition) is 1. The first-order valence-electron chi connectivity index (χ1n) is 8.40. The molecular weight excluding hydrogens is 328 g/mol. The first-order chi connectivity index (χ1) is 12.7. The average molecular weight is 350 g/mol. The first kappa shape index (κ1) is 17.6. The highest BCUT2D eigenvalue weighted by Crippen LogP contribution is 2.28. The standard InChI is InChI=1S/C21H22N2O3/c1-23-12-6-9-18(23)21(24)22-14-17-10-11-19(20(13-17)25-2)26-15-16-7-4-3-5-8-16/h3-13H,14-15H2,1-2H3,(H,22,24). The van der Waals surface area contributed by atoms with E-state index in [0.29, 0.717) is 30.3 Å². The molecule has 0 spiro atoms. The number of carbonyl (C=O) groups is 1. The Labute approximate surface area is 153 Å². The second-order valence-corrected chi connectivity index (χ2v) is 5.95. The second-order valence-electron chi connectivity index (χ2n) is 5.95. The van der Waals surface area contributed by atoms with Gasteiger partial charge in [-0.2, -0.15) is 0 Å². The lowest BCUT2D eigenvalue weighted by molar-refractivity contribution is 0.0942. The minimum atomic E-state index is -0.110.